The van der Waals surface area contributed by atoms with Crippen LogP contribution >= 0.6 is 11.8 Å². The molecule has 0 radical (unpaired) electrons. The molecule has 0 saturated carbocycles. The molecule has 0 saturated heterocycles. The largest absolute Gasteiger partial charge is 0.351 e. The molecule has 1 atom stereocenters. The molecule has 0 fully saturated rings. The Balaban J connectivity index is 1.96. The second-order valence-electron chi connectivity index (χ2n) is 5.03. The van der Waals surface area contributed by atoms with Crippen LogP contribution < -0.4 is 5.32 Å². The molecule has 21 heavy (non-hydrogen) atoms. The molecule has 4 nitrogen and oxygen atoms in total. The lowest BCUT2D eigenvalue weighted by Gasteiger charge is -2.19. The predicted octanol–water partition coefficient (Wildman–Crippen LogP) is 2.91. The molecule has 0 spiro atoms. The van der Waals surface area contributed by atoms with E-state index in [1.54, 1.807) is 18.6 Å². The third-order valence-electron chi connectivity index (χ3n) is 2.94. The Morgan fingerprint density at radius 3 is 2.71 bits per heavy atom. The lowest BCUT2D eigenvalue weighted by molar-refractivity contribution is -0.121. The molecule has 2 aromatic heterocycles. The summed E-state index contributed by atoms with van der Waals surface area (Å²) in [4.78, 5) is 20.7. The number of carbonyl (C=O) groups excluding carboxylic acids is 1. The van der Waals surface area contributed by atoms with E-state index in [1.165, 1.54) is 11.8 Å². The summed E-state index contributed by atoms with van der Waals surface area (Å²) < 4.78 is 0. The number of pyridine rings is 2. The topological polar surface area (TPSA) is 54.9 Å². The van der Waals surface area contributed by atoms with E-state index in [9.17, 15) is 4.79 Å². The number of rotatable bonds is 6. The van der Waals surface area contributed by atoms with Gasteiger partial charge in [-0.15, -0.1) is 0 Å². The maximum atomic E-state index is 12.4. The normalized spacial score (nSPS) is 12.1. The highest BCUT2D eigenvalue weighted by molar-refractivity contribution is 8.00. The van der Waals surface area contributed by atoms with Crippen LogP contribution in [-0.2, 0) is 11.3 Å². The first-order valence-corrected chi connectivity index (χ1v) is 7.79. The molecule has 1 N–H and O–H groups in total. The van der Waals surface area contributed by atoms with Gasteiger partial charge >= 0.3 is 0 Å². The van der Waals surface area contributed by atoms with Gasteiger partial charge in [-0.05, 0) is 29.7 Å². The van der Waals surface area contributed by atoms with Crippen molar-refractivity contribution in [3.8, 4) is 0 Å². The van der Waals surface area contributed by atoms with E-state index >= 15 is 0 Å². The summed E-state index contributed by atoms with van der Waals surface area (Å²) in [6.45, 7) is 4.59. The molecule has 110 valence electrons. The molecule has 0 bridgehead atoms. The first-order chi connectivity index (χ1) is 10.2. The van der Waals surface area contributed by atoms with E-state index in [0.717, 1.165) is 10.6 Å². The van der Waals surface area contributed by atoms with Crippen LogP contribution in [0.1, 0.15) is 19.4 Å². The first kappa shape index (κ1) is 15.5. The van der Waals surface area contributed by atoms with Crippen LogP contribution in [-0.4, -0.2) is 21.1 Å². The molecule has 5 heteroatoms. The molecule has 2 rings (SSSR count). The molecule has 1 amide bonds. The maximum Gasteiger partial charge on any atom is 0.234 e. The van der Waals surface area contributed by atoms with Crippen LogP contribution in [0.2, 0.25) is 0 Å². The average molecular weight is 301 g/mol. The number of aromatic nitrogens is 2. The molecule has 0 aliphatic rings. The second-order valence-corrected chi connectivity index (χ2v) is 6.19. The minimum absolute atomic E-state index is 0.0320. The predicted molar refractivity (Wildman–Crippen MR) is 84.8 cm³/mol. The Morgan fingerprint density at radius 1 is 1.24 bits per heavy atom. The Labute approximate surface area is 129 Å². The molecule has 0 aliphatic carbocycles. The number of amides is 1. The van der Waals surface area contributed by atoms with Crippen molar-refractivity contribution >= 4 is 17.7 Å². The smallest absolute Gasteiger partial charge is 0.234 e. The standard InChI is InChI=1S/C16H19N3OS/c1-12(2)15(21-14-7-3-4-9-18-14)16(20)19-11-13-6-5-8-17-10-13/h3-10,12,15H,11H2,1-2H3,(H,19,20). The first-order valence-electron chi connectivity index (χ1n) is 6.91. The molecule has 0 aliphatic heterocycles. The number of thioether (sulfide) groups is 1. The zero-order chi connectivity index (χ0) is 15.1. The molecular weight excluding hydrogens is 282 g/mol. The zero-order valence-electron chi connectivity index (χ0n) is 12.2. The van der Waals surface area contributed by atoms with Gasteiger partial charge in [0.15, 0.2) is 0 Å². The minimum Gasteiger partial charge on any atom is -0.351 e. The van der Waals surface area contributed by atoms with Crippen molar-refractivity contribution in [1.82, 2.24) is 15.3 Å². The fourth-order valence-corrected chi connectivity index (χ4v) is 2.83. The average Bonchev–Trinajstić information content (AvgIpc) is 2.52. The Hall–Kier alpha value is -1.88. The minimum atomic E-state index is -0.156. The van der Waals surface area contributed by atoms with Gasteiger partial charge in [0.1, 0.15) is 0 Å². The zero-order valence-corrected chi connectivity index (χ0v) is 13.0. The van der Waals surface area contributed by atoms with Crippen LogP contribution in [0, 0.1) is 5.92 Å². The number of hydrogen-bond donors (Lipinski definition) is 1. The highest BCUT2D eigenvalue weighted by Gasteiger charge is 2.23. The van der Waals surface area contributed by atoms with Crippen molar-refractivity contribution in [1.29, 1.82) is 0 Å². The maximum absolute atomic E-state index is 12.4. The van der Waals surface area contributed by atoms with Crippen LogP contribution in [0.4, 0.5) is 0 Å². The van der Waals surface area contributed by atoms with E-state index in [1.807, 2.05) is 44.2 Å². The van der Waals surface area contributed by atoms with E-state index in [2.05, 4.69) is 15.3 Å². The second kappa shape index (κ2) is 7.78. The highest BCUT2D eigenvalue weighted by Crippen LogP contribution is 2.26. The summed E-state index contributed by atoms with van der Waals surface area (Å²) in [7, 11) is 0. The Morgan fingerprint density at radius 2 is 2.10 bits per heavy atom. The van der Waals surface area contributed by atoms with Crippen molar-refractivity contribution < 1.29 is 4.79 Å². The van der Waals surface area contributed by atoms with E-state index in [0.29, 0.717) is 6.54 Å². The quantitative estimate of drug-likeness (QED) is 0.834. The molecule has 0 aromatic carbocycles. The van der Waals surface area contributed by atoms with Crippen LogP contribution in [0.3, 0.4) is 0 Å². The summed E-state index contributed by atoms with van der Waals surface area (Å²) in [5, 5.41) is 3.69. The van der Waals surface area contributed by atoms with Crippen molar-refractivity contribution in [2.45, 2.75) is 30.7 Å². The fourth-order valence-electron chi connectivity index (χ4n) is 1.83. The van der Waals surface area contributed by atoms with Gasteiger partial charge in [-0.25, -0.2) is 4.98 Å². The van der Waals surface area contributed by atoms with E-state index in [4.69, 9.17) is 0 Å². The fraction of sp³-hybridized carbons (Fsp3) is 0.312. The third kappa shape index (κ3) is 4.86. The Kier molecular flexibility index (Phi) is 5.75. The molecule has 2 aromatic rings. The van der Waals surface area contributed by atoms with E-state index in [-0.39, 0.29) is 17.1 Å². The van der Waals surface area contributed by atoms with Gasteiger partial charge in [-0.3, -0.25) is 9.78 Å². The monoisotopic (exact) mass is 301 g/mol. The number of hydrogen-bond acceptors (Lipinski definition) is 4. The van der Waals surface area contributed by atoms with Gasteiger partial charge in [0.2, 0.25) is 5.91 Å². The van der Waals surface area contributed by atoms with Crippen molar-refractivity contribution in [3.05, 3.63) is 54.5 Å². The summed E-state index contributed by atoms with van der Waals surface area (Å²) >= 11 is 1.50. The highest BCUT2D eigenvalue weighted by atomic mass is 32.2. The van der Waals surface area contributed by atoms with Gasteiger partial charge < -0.3 is 5.32 Å². The van der Waals surface area contributed by atoms with Crippen LogP contribution in [0.25, 0.3) is 0 Å². The SMILES string of the molecule is CC(C)C(Sc1ccccn1)C(=O)NCc1cccnc1. The van der Waals surface area contributed by atoms with Gasteiger partial charge in [-0.1, -0.05) is 37.7 Å². The molecular formula is C16H19N3OS. The van der Waals surface area contributed by atoms with Gasteiger partial charge in [0.05, 0.1) is 10.3 Å². The Bertz CT molecular complexity index is 560. The summed E-state index contributed by atoms with van der Waals surface area (Å²) in [5.41, 5.74) is 0.996. The van der Waals surface area contributed by atoms with Gasteiger partial charge in [0, 0.05) is 25.1 Å². The number of nitrogens with one attached hydrogen (secondary N) is 1. The van der Waals surface area contributed by atoms with Crippen molar-refractivity contribution in [2.24, 2.45) is 5.92 Å². The summed E-state index contributed by atoms with van der Waals surface area (Å²) in [6, 6.07) is 9.54. The number of nitrogens with zero attached hydrogens (tertiary/aromatic N) is 2. The van der Waals surface area contributed by atoms with Gasteiger partial charge in [-0.2, -0.15) is 0 Å². The molecule has 1 unspecified atom stereocenters. The number of carbonyl (C=O) groups is 1. The lowest BCUT2D eigenvalue weighted by Crippen LogP contribution is -2.35. The summed E-state index contributed by atoms with van der Waals surface area (Å²) in [5.74, 6) is 0.260. The third-order valence-corrected chi connectivity index (χ3v) is 4.43. The van der Waals surface area contributed by atoms with E-state index < -0.39 is 0 Å². The van der Waals surface area contributed by atoms with Crippen molar-refractivity contribution in [3.63, 3.8) is 0 Å². The lowest BCUT2D eigenvalue weighted by atomic mass is 10.1. The van der Waals surface area contributed by atoms with Crippen LogP contribution in [0.5, 0.6) is 0 Å². The van der Waals surface area contributed by atoms with Gasteiger partial charge in [0.25, 0.3) is 0 Å². The van der Waals surface area contributed by atoms with Crippen molar-refractivity contribution in [2.75, 3.05) is 0 Å². The molecule has 2 heterocycles. The summed E-state index contributed by atoms with van der Waals surface area (Å²) in [6.07, 6.45) is 5.23. The van der Waals surface area contributed by atoms with Crippen LogP contribution in [0.15, 0.2) is 53.9 Å².